The normalized spacial score (nSPS) is 21.9. The van der Waals surface area contributed by atoms with Crippen LogP contribution in [0.1, 0.15) is 43.5 Å². The number of amides is 1. The summed E-state index contributed by atoms with van der Waals surface area (Å²) in [6.07, 6.45) is 3.23. The SMILES string of the molecule is COc1cc(OC)c(C(=O)OCC(=O)N[C@H]2CCC[C@H](C)[C@@H]2C)cc1OC. The van der Waals surface area contributed by atoms with Crippen LogP contribution in [0.15, 0.2) is 12.1 Å². The largest absolute Gasteiger partial charge is 0.496 e. The number of carbonyl (C=O) groups excluding carboxylic acids is 2. The lowest BCUT2D eigenvalue weighted by Crippen LogP contribution is -2.45. The van der Waals surface area contributed by atoms with Gasteiger partial charge in [-0.15, -0.1) is 0 Å². The summed E-state index contributed by atoms with van der Waals surface area (Å²) in [5.74, 6) is 1.12. The van der Waals surface area contributed by atoms with Gasteiger partial charge in [0.2, 0.25) is 0 Å². The number of methoxy groups -OCH3 is 3. The highest BCUT2D eigenvalue weighted by atomic mass is 16.5. The molecule has 0 spiro atoms. The molecule has 0 bridgehead atoms. The van der Waals surface area contributed by atoms with Crippen LogP contribution >= 0.6 is 0 Å². The highest BCUT2D eigenvalue weighted by Gasteiger charge is 2.28. The molecule has 27 heavy (non-hydrogen) atoms. The average Bonchev–Trinajstić information content (AvgIpc) is 2.68. The van der Waals surface area contributed by atoms with E-state index in [4.69, 9.17) is 18.9 Å². The Kier molecular flexibility index (Phi) is 7.33. The Morgan fingerprint density at radius 1 is 1.00 bits per heavy atom. The highest BCUT2D eigenvalue weighted by Crippen LogP contribution is 2.35. The minimum Gasteiger partial charge on any atom is -0.496 e. The van der Waals surface area contributed by atoms with Crippen LogP contribution in [0, 0.1) is 11.8 Å². The van der Waals surface area contributed by atoms with E-state index in [2.05, 4.69) is 19.2 Å². The topological polar surface area (TPSA) is 83.1 Å². The molecular formula is C20H29NO6. The van der Waals surface area contributed by atoms with E-state index >= 15 is 0 Å². The molecule has 0 saturated heterocycles. The Labute approximate surface area is 160 Å². The second kappa shape index (κ2) is 9.48. The molecule has 1 aliphatic carbocycles. The number of carbonyl (C=O) groups is 2. The summed E-state index contributed by atoms with van der Waals surface area (Å²) in [6, 6.07) is 3.14. The standard InChI is InChI=1S/C20H29NO6/c1-12-7-6-8-15(13(12)2)21-19(22)11-27-20(23)14-9-17(25-4)18(26-5)10-16(14)24-3/h9-10,12-13,15H,6-8,11H2,1-5H3,(H,21,22)/t12-,13-,15-/m0/s1. The summed E-state index contributed by atoms with van der Waals surface area (Å²) in [6.45, 7) is 4.01. The van der Waals surface area contributed by atoms with Crippen LogP contribution in [-0.2, 0) is 9.53 Å². The van der Waals surface area contributed by atoms with Crippen molar-refractivity contribution in [2.24, 2.45) is 11.8 Å². The molecule has 0 heterocycles. The molecule has 7 heteroatoms. The van der Waals surface area contributed by atoms with Crippen LogP contribution in [0.2, 0.25) is 0 Å². The Morgan fingerprint density at radius 2 is 1.63 bits per heavy atom. The molecule has 0 radical (unpaired) electrons. The van der Waals surface area contributed by atoms with Gasteiger partial charge in [0, 0.05) is 18.2 Å². The Morgan fingerprint density at radius 3 is 2.26 bits per heavy atom. The van der Waals surface area contributed by atoms with Gasteiger partial charge >= 0.3 is 5.97 Å². The Bertz CT molecular complexity index is 675. The predicted octanol–water partition coefficient (Wildman–Crippen LogP) is 2.81. The molecule has 2 rings (SSSR count). The van der Waals surface area contributed by atoms with E-state index in [1.807, 2.05) is 0 Å². The first-order valence-electron chi connectivity index (χ1n) is 9.17. The first-order valence-corrected chi connectivity index (χ1v) is 9.17. The van der Waals surface area contributed by atoms with E-state index in [0.717, 1.165) is 12.8 Å². The Hall–Kier alpha value is -2.44. The highest BCUT2D eigenvalue weighted by molar-refractivity contribution is 5.95. The number of nitrogens with one attached hydrogen (secondary N) is 1. The molecule has 0 aromatic heterocycles. The van der Waals surface area contributed by atoms with Crippen LogP contribution in [0.5, 0.6) is 17.2 Å². The molecular weight excluding hydrogens is 350 g/mol. The number of hydrogen-bond donors (Lipinski definition) is 1. The van der Waals surface area contributed by atoms with Crippen LogP contribution < -0.4 is 19.5 Å². The van der Waals surface area contributed by atoms with Crippen molar-refractivity contribution in [3.05, 3.63) is 17.7 Å². The first-order chi connectivity index (χ1) is 12.9. The van der Waals surface area contributed by atoms with E-state index in [9.17, 15) is 9.59 Å². The van der Waals surface area contributed by atoms with Gasteiger partial charge in [0.25, 0.3) is 5.91 Å². The van der Waals surface area contributed by atoms with Gasteiger partial charge in [-0.1, -0.05) is 26.7 Å². The number of ether oxygens (including phenoxy) is 4. The van der Waals surface area contributed by atoms with Crippen molar-refractivity contribution < 1.29 is 28.5 Å². The molecule has 1 aliphatic rings. The molecule has 7 nitrogen and oxygen atoms in total. The van der Waals surface area contributed by atoms with Crippen LogP contribution in [0.3, 0.4) is 0 Å². The second-order valence-corrected chi connectivity index (χ2v) is 6.92. The quantitative estimate of drug-likeness (QED) is 0.734. The summed E-state index contributed by atoms with van der Waals surface area (Å²) >= 11 is 0. The number of rotatable bonds is 7. The van der Waals surface area contributed by atoms with Crippen molar-refractivity contribution in [2.75, 3.05) is 27.9 Å². The molecule has 0 aliphatic heterocycles. The molecule has 1 saturated carbocycles. The van der Waals surface area contributed by atoms with Gasteiger partial charge in [-0.3, -0.25) is 4.79 Å². The summed E-state index contributed by atoms with van der Waals surface area (Å²) < 4.78 is 20.8. The van der Waals surface area contributed by atoms with Crippen molar-refractivity contribution in [1.29, 1.82) is 0 Å². The predicted molar refractivity (Wildman–Crippen MR) is 100 cm³/mol. The van der Waals surface area contributed by atoms with Gasteiger partial charge in [0.05, 0.1) is 21.3 Å². The lowest BCUT2D eigenvalue weighted by Gasteiger charge is -2.34. The van der Waals surface area contributed by atoms with Gasteiger partial charge in [0.15, 0.2) is 18.1 Å². The van der Waals surface area contributed by atoms with Gasteiger partial charge in [-0.25, -0.2) is 4.79 Å². The summed E-state index contributed by atoms with van der Waals surface area (Å²) in [5, 5.41) is 2.98. The fourth-order valence-electron chi connectivity index (χ4n) is 3.43. The smallest absolute Gasteiger partial charge is 0.342 e. The van der Waals surface area contributed by atoms with Crippen molar-refractivity contribution >= 4 is 11.9 Å². The molecule has 150 valence electrons. The fourth-order valence-corrected chi connectivity index (χ4v) is 3.43. The zero-order valence-corrected chi connectivity index (χ0v) is 16.7. The van der Waals surface area contributed by atoms with Gasteiger partial charge in [-0.05, 0) is 18.3 Å². The second-order valence-electron chi connectivity index (χ2n) is 6.92. The molecule has 0 unspecified atom stereocenters. The molecule has 1 N–H and O–H groups in total. The third kappa shape index (κ3) is 5.05. The van der Waals surface area contributed by atoms with E-state index in [-0.39, 0.29) is 29.9 Å². The fraction of sp³-hybridized carbons (Fsp3) is 0.600. The minimum absolute atomic E-state index is 0.121. The molecule has 1 aromatic rings. The summed E-state index contributed by atoms with van der Waals surface area (Å²) in [4.78, 5) is 24.6. The molecule has 3 atom stereocenters. The van der Waals surface area contributed by atoms with E-state index in [0.29, 0.717) is 23.3 Å². The maximum atomic E-state index is 12.4. The number of benzene rings is 1. The van der Waals surface area contributed by atoms with Crippen LogP contribution in [0.25, 0.3) is 0 Å². The monoisotopic (exact) mass is 379 g/mol. The molecule has 1 fully saturated rings. The van der Waals surface area contributed by atoms with Crippen LogP contribution in [0.4, 0.5) is 0 Å². The molecule has 1 amide bonds. The lowest BCUT2D eigenvalue weighted by atomic mass is 9.78. The summed E-state index contributed by atoms with van der Waals surface area (Å²) in [5.41, 5.74) is 0.169. The first kappa shape index (κ1) is 20.9. The van der Waals surface area contributed by atoms with E-state index in [1.54, 1.807) is 6.07 Å². The Balaban J connectivity index is 1.99. The van der Waals surface area contributed by atoms with Crippen molar-refractivity contribution in [3.8, 4) is 17.2 Å². The van der Waals surface area contributed by atoms with Crippen molar-refractivity contribution in [3.63, 3.8) is 0 Å². The number of hydrogen-bond acceptors (Lipinski definition) is 6. The minimum atomic E-state index is -0.659. The van der Waals surface area contributed by atoms with Crippen molar-refractivity contribution in [2.45, 2.75) is 39.2 Å². The third-order valence-corrected chi connectivity index (χ3v) is 5.31. The van der Waals surface area contributed by atoms with Gasteiger partial charge < -0.3 is 24.3 Å². The lowest BCUT2D eigenvalue weighted by molar-refractivity contribution is -0.125. The van der Waals surface area contributed by atoms with E-state index in [1.165, 1.54) is 33.8 Å². The zero-order valence-electron chi connectivity index (χ0n) is 16.7. The average molecular weight is 379 g/mol. The van der Waals surface area contributed by atoms with E-state index < -0.39 is 5.97 Å². The van der Waals surface area contributed by atoms with Crippen LogP contribution in [-0.4, -0.2) is 45.9 Å². The number of esters is 1. The molecule has 1 aromatic carbocycles. The van der Waals surface area contributed by atoms with Gasteiger partial charge in [-0.2, -0.15) is 0 Å². The van der Waals surface area contributed by atoms with Crippen molar-refractivity contribution in [1.82, 2.24) is 5.32 Å². The maximum absolute atomic E-state index is 12.4. The van der Waals surface area contributed by atoms with Gasteiger partial charge in [0.1, 0.15) is 11.3 Å². The summed E-state index contributed by atoms with van der Waals surface area (Å²) in [7, 11) is 4.41. The third-order valence-electron chi connectivity index (χ3n) is 5.31. The maximum Gasteiger partial charge on any atom is 0.342 e. The zero-order chi connectivity index (χ0) is 20.0.